The quantitative estimate of drug-likeness (QED) is 0.797. The van der Waals surface area contributed by atoms with Gasteiger partial charge in [0, 0.05) is 12.7 Å². The SMILES string of the molecule is Cc1ccnc(B2OC(C)(C)C(C)(C)O2)c1CN. The van der Waals surface area contributed by atoms with E-state index in [9.17, 15) is 0 Å². The lowest BCUT2D eigenvalue weighted by molar-refractivity contribution is 0.00578. The lowest BCUT2D eigenvalue weighted by Gasteiger charge is -2.32. The molecule has 0 unspecified atom stereocenters. The molecule has 0 spiro atoms. The molecule has 0 aliphatic carbocycles. The summed E-state index contributed by atoms with van der Waals surface area (Å²) < 4.78 is 12.0. The van der Waals surface area contributed by atoms with Gasteiger partial charge in [0.05, 0.1) is 16.8 Å². The molecule has 98 valence electrons. The van der Waals surface area contributed by atoms with E-state index in [1.165, 1.54) is 0 Å². The Balaban J connectivity index is 2.38. The molecular weight excluding hydrogens is 227 g/mol. The molecule has 0 amide bonds. The second kappa shape index (κ2) is 4.33. The number of rotatable bonds is 2. The van der Waals surface area contributed by atoms with Crippen LogP contribution in [0.15, 0.2) is 12.3 Å². The van der Waals surface area contributed by atoms with Crippen molar-refractivity contribution in [3.05, 3.63) is 23.4 Å². The monoisotopic (exact) mass is 248 g/mol. The Bertz CT molecular complexity index is 444. The Morgan fingerprint density at radius 1 is 1.22 bits per heavy atom. The number of aryl methyl sites for hydroxylation is 1. The smallest absolute Gasteiger partial charge is 0.398 e. The average Bonchev–Trinajstić information content (AvgIpc) is 2.47. The molecule has 0 saturated carbocycles. The fourth-order valence-electron chi connectivity index (χ4n) is 2.03. The molecule has 2 rings (SSSR count). The molecule has 1 aromatic rings. The largest absolute Gasteiger partial charge is 0.514 e. The number of nitrogens with two attached hydrogens (primary N) is 1. The number of hydrogen-bond donors (Lipinski definition) is 1. The zero-order chi connectivity index (χ0) is 13.6. The van der Waals surface area contributed by atoms with Gasteiger partial charge in [0.1, 0.15) is 0 Å². The van der Waals surface area contributed by atoms with E-state index < -0.39 is 7.12 Å². The molecule has 2 N–H and O–H groups in total. The predicted molar refractivity (Wildman–Crippen MR) is 72.6 cm³/mol. The molecule has 1 aliphatic heterocycles. The third-order valence-corrected chi connectivity index (χ3v) is 4.00. The van der Waals surface area contributed by atoms with E-state index >= 15 is 0 Å². The van der Waals surface area contributed by atoms with Crippen molar-refractivity contribution in [1.82, 2.24) is 4.98 Å². The maximum absolute atomic E-state index is 6.01. The van der Waals surface area contributed by atoms with Gasteiger partial charge in [0.2, 0.25) is 0 Å². The van der Waals surface area contributed by atoms with E-state index in [1.807, 2.05) is 40.7 Å². The average molecular weight is 248 g/mol. The van der Waals surface area contributed by atoms with Gasteiger partial charge in [-0.25, -0.2) is 0 Å². The van der Waals surface area contributed by atoms with Crippen LogP contribution in [0.3, 0.4) is 0 Å². The van der Waals surface area contributed by atoms with Crippen molar-refractivity contribution in [3.8, 4) is 0 Å². The highest BCUT2D eigenvalue weighted by molar-refractivity contribution is 6.61. The number of nitrogens with zero attached hydrogens (tertiary/aromatic N) is 1. The molecule has 0 atom stereocenters. The van der Waals surface area contributed by atoms with Crippen LogP contribution in [0.4, 0.5) is 0 Å². The Morgan fingerprint density at radius 2 is 1.78 bits per heavy atom. The van der Waals surface area contributed by atoms with Crippen LogP contribution in [0.1, 0.15) is 38.8 Å². The molecular formula is C13H21BN2O2. The molecule has 2 heterocycles. The van der Waals surface area contributed by atoms with E-state index in [1.54, 1.807) is 6.20 Å². The van der Waals surface area contributed by atoms with Crippen LogP contribution in [0, 0.1) is 6.92 Å². The van der Waals surface area contributed by atoms with Crippen molar-refractivity contribution in [1.29, 1.82) is 0 Å². The number of pyridine rings is 1. The molecule has 0 aromatic carbocycles. The van der Waals surface area contributed by atoms with Gasteiger partial charge in [-0.3, -0.25) is 4.98 Å². The first-order chi connectivity index (χ1) is 8.28. The Morgan fingerprint density at radius 3 is 2.28 bits per heavy atom. The zero-order valence-electron chi connectivity index (χ0n) is 11.8. The minimum atomic E-state index is -0.437. The summed E-state index contributed by atoms with van der Waals surface area (Å²) in [6, 6.07) is 1.96. The van der Waals surface area contributed by atoms with Crippen molar-refractivity contribution in [2.45, 2.75) is 52.4 Å². The number of hydrogen-bond acceptors (Lipinski definition) is 4. The van der Waals surface area contributed by atoms with E-state index in [4.69, 9.17) is 15.0 Å². The molecule has 0 radical (unpaired) electrons. The summed E-state index contributed by atoms with van der Waals surface area (Å²) >= 11 is 0. The second-order valence-electron chi connectivity index (χ2n) is 5.78. The van der Waals surface area contributed by atoms with Crippen LogP contribution in [0.5, 0.6) is 0 Å². The molecule has 1 aliphatic rings. The van der Waals surface area contributed by atoms with Crippen LogP contribution in [0.25, 0.3) is 0 Å². The van der Waals surface area contributed by atoms with Crippen LogP contribution in [-0.2, 0) is 15.9 Å². The van der Waals surface area contributed by atoms with Gasteiger partial charge >= 0.3 is 7.12 Å². The van der Waals surface area contributed by atoms with Gasteiger partial charge in [-0.15, -0.1) is 0 Å². The summed E-state index contributed by atoms with van der Waals surface area (Å²) in [4.78, 5) is 4.39. The molecule has 4 nitrogen and oxygen atoms in total. The van der Waals surface area contributed by atoms with Crippen molar-refractivity contribution in [2.75, 3.05) is 0 Å². The van der Waals surface area contributed by atoms with Crippen LogP contribution in [-0.4, -0.2) is 23.3 Å². The summed E-state index contributed by atoms with van der Waals surface area (Å²) in [6.07, 6.45) is 1.77. The van der Waals surface area contributed by atoms with E-state index in [0.717, 1.165) is 16.7 Å². The lowest BCUT2D eigenvalue weighted by atomic mass is 9.79. The van der Waals surface area contributed by atoms with Gasteiger partial charge in [-0.1, -0.05) is 0 Å². The molecule has 0 bridgehead atoms. The zero-order valence-corrected chi connectivity index (χ0v) is 11.8. The highest BCUT2D eigenvalue weighted by Crippen LogP contribution is 2.36. The summed E-state index contributed by atoms with van der Waals surface area (Å²) in [7, 11) is -0.437. The highest BCUT2D eigenvalue weighted by Gasteiger charge is 2.52. The fourth-order valence-corrected chi connectivity index (χ4v) is 2.03. The summed E-state index contributed by atoms with van der Waals surface area (Å²) in [5, 5.41) is 0. The van der Waals surface area contributed by atoms with E-state index in [0.29, 0.717) is 6.54 Å². The van der Waals surface area contributed by atoms with E-state index in [-0.39, 0.29) is 11.2 Å². The normalized spacial score (nSPS) is 21.3. The van der Waals surface area contributed by atoms with Crippen molar-refractivity contribution in [2.24, 2.45) is 5.73 Å². The number of aromatic nitrogens is 1. The minimum absolute atomic E-state index is 0.352. The lowest BCUT2D eigenvalue weighted by Crippen LogP contribution is -2.41. The van der Waals surface area contributed by atoms with Gasteiger partial charge in [-0.2, -0.15) is 0 Å². The summed E-state index contributed by atoms with van der Waals surface area (Å²) in [5.41, 5.74) is 8.03. The molecule has 5 heteroatoms. The molecule has 1 aromatic heterocycles. The summed E-state index contributed by atoms with van der Waals surface area (Å²) in [6.45, 7) is 10.6. The van der Waals surface area contributed by atoms with Crippen molar-refractivity contribution < 1.29 is 9.31 Å². The van der Waals surface area contributed by atoms with Crippen LogP contribution >= 0.6 is 0 Å². The van der Waals surface area contributed by atoms with Gasteiger partial charge in [0.15, 0.2) is 0 Å². The Labute approximate surface area is 109 Å². The van der Waals surface area contributed by atoms with Crippen molar-refractivity contribution >= 4 is 12.7 Å². The standard InChI is InChI=1S/C13H21BN2O2/c1-9-6-7-16-11(10(9)8-15)14-17-12(2,3)13(4,5)18-14/h6-7H,8,15H2,1-5H3. The molecule has 1 fully saturated rings. The first kappa shape index (κ1) is 13.5. The van der Waals surface area contributed by atoms with Gasteiger partial charge in [-0.05, 0) is 51.8 Å². The van der Waals surface area contributed by atoms with Gasteiger partial charge in [0.25, 0.3) is 0 Å². The Hall–Kier alpha value is -0.905. The first-order valence-electron chi connectivity index (χ1n) is 6.28. The predicted octanol–water partition coefficient (Wildman–Crippen LogP) is 1.15. The van der Waals surface area contributed by atoms with Crippen LogP contribution in [0.2, 0.25) is 0 Å². The minimum Gasteiger partial charge on any atom is -0.398 e. The van der Waals surface area contributed by atoms with Gasteiger partial charge < -0.3 is 15.0 Å². The topological polar surface area (TPSA) is 57.4 Å². The molecule has 1 saturated heterocycles. The molecule has 18 heavy (non-hydrogen) atoms. The third kappa shape index (κ3) is 2.07. The summed E-state index contributed by atoms with van der Waals surface area (Å²) in [5.74, 6) is 0. The first-order valence-corrected chi connectivity index (χ1v) is 6.28. The van der Waals surface area contributed by atoms with E-state index in [2.05, 4.69) is 4.98 Å². The Kier molecular flexibility index (Phi) is 3.26. The maximum Gasteiger partial charge on any atom is 0.514 e. The van der Waals surface area contributed by atoms with Crippen LogP contribution < -0.4 is 11.3 Å². The maximum atomic E-state index is 6.01. The second-order valence-corrected chi connectivity index (χ2v) is 5.78. The highest BCUT2D eigenvalue weighted by atomic mass is 16.7. The van der Waals surface area contributed by atoms with Crippen molar-refractivity contribution in [3.63, 3.8) is 0 Å². The fraction of sp³-hybridized carbons (Fsp3) is 0.615. The third-order valence-electron chi connectivity index (χ3n) is 4.00.